The highest BCUT2D eigenvalue weighted by molar-refractivity contribution is 5.92. The lowest BCUT2D eigenvalue weighted by molar-refractivity contribution is -0.139. The van der Waals surface area contributed by atoms with Gasteiger partial charge in [-0.05, 0) is 12.1 Å². The van der Waals surface area contributed by atoms with Gasteiger partial charge in [-0.2, -0.15) is 0 Å². The van der Waals surface area contributed by atoms with E-state index in [9.17, 15) is 19.2 Å². The van der Waals surface area contributed by atoms with Crippen molar-refractivity contribution in [2.45, 2.75) is 0 Å². The monoisotopic (exact) mass is 300 g/mol. The van der Waals surface area contributed by atoms with Crippen molar-refractivity contribution < 1.29 is 19.2 Å². The molecule has 3 rings (SSSR count). The largest absolute Gasteiger partial charge is 0.416 e. The van der Waals surface area contributed by atoms with Gasteiger partial charge in [-0.15, -0.1) is 0 Å². The maximum atomic E-state index is 12.3. The van der Waals surface area contributed by atoms with Crippen LogP contribution in [0.25, 0.3) is 5.69 Å². The lowest BCUT2D eigenvalue weighted by Crippen LogP contribution is -2.44. The molecule has 2 heterocycles. The number of nitrogens with zero attached hydrogens (tertiary/aromatic N) is 2. The van der Waals surface area contributed by atoms with Gasteiger partial charge < -0.3 is 9.57 Å². The molecule has 0 spiro atoms. The van der Waals surface area contributed by atoms with Gasteiger partial charge >= 0.3 is 23.2 Å². The number of esters is 1. The Balaban J connectivity index is 2.30. The molecule has 1 aromatic carbocycles. The standard InChI is InChI=1S/C14H8N2O6/c17-11-6-7-12(18)22-16-13(19)10(21-11)8-15(14(16)20)9-4-2-1-3-5-9/h1-8H/b7-6+. The summed E-state index contributed by atoms with van der Waals surface area (Å²) in [5, 5.41) is 0. The van der Waals surface area contributed by atoms with E-state index >= 15 is 0 Å². The lowest BCUT2D eigenvalue weighted by atomic mass is 10.3. The third kappa shape index (κ3) is 2.33. The molecular weight excluding hydrogens is 292 g/mol. The van der Waals surface area contributed by atoms with E-state index in [4.69, 9.17) is 4.74 Å². The molecule has 2 aromatic rings. The number of aromatic nitrogens is 2. The minimum absolute atomic E-state index is 0.244. The molecule has 0 unspecified atom stereocenters. The fourth-order valence-corrected chi connectivity index (χ4v) is 1.84. The smallest absolute Gasteiger partial charge is 0.370 e. The van der Waals surface area contributed by atoms with E-state index in [-0.39, 0.29) is 4.73 Å². The maximum Gasteiger partial charge on any atom is 0.370 e. The fraction of sp³-hybridized carbons (Fsp3) is 0. The zero-order valence-electron chi connectivity index (χ0n) is 11.0. The Bertz CT molecular complexity index is 907. The number of hydrogen-bond donors (Lipinski definition) is 0. The highest BCUT2D eigenvalue weighted by Gasteiger charge is 2.20. The first-order valence-electron chi connectivity index (χ1n) is 6.12. The van der Waals surface area contributed by atoms with E-state index in [1.54, 1.807) is 30.3 Å². The molecule has 8 heteroatoms. The van der Waals surface area contributed by atoms with Crippen LogP contribution >= 0.6 is 0 Å². The molecule has 1 aliphatic heterocycles. The van der Waals surface area contributed by atoms with Crippen LogP contribution in [0, 0.1) is 0 Å². The van der Waals surface area contributed by atoms with Crippen LogP contribution in [-0.4, -0.2) is 21.2 Å². The van der Waals surface area contributed by atoms with Crippen LogP contribution in [0.2, 0.25) is 0 Å². The number of benzene rings is 1. The van der Waals surface area contributed by atoms with Crippen molar-refractivity contribution >= 4 is 11.9 Å². The number of carbonyl (C=O) groups is 2. The number of para-hydroxylation sites is 1. The average Bonchev–Trinajstić information content (AvgIpc) is 2.55. The van der Waals surface area contributed by atoms with Crippen LogP contribution in [0.5, 0.6) is 5.75 Å². The summed E-state index contributed by atoms with van der Waals surface area (Å²) in [6, 6.07) is 8.29. The van der Waals surface area contributed by atoms with Crippen molar-refractivity contribution in [3.8, 4) is 11.4 Å². The van der Waals surface area contributed by atoms with Gasteiger partial charge in [0, 0.05) is 12.2 Å². The molecule has 1 aliphatic rings. The fourth-order valence-electron chi connectivity index (χ4n) is 1.84. The van der Waals surface area contributed by atoms with Crippen molar-refractivity contribution in [2.75, 3.05) is 0 Å². The van der Waals surface area contributed by atoms with Crippen LogP contribution in [0.1, 0.15) is 0 Å². The Labute approximate surface area is 122 Å². The molecule has 2 bridgehead atoms. The summed E-state index contributed by atoms with van der Waals surface area (Å²) in [7, 11) is 0. The van der Waals surface area contributed by atoms with E-state index in [0.29, 0.717) is 5.69 Å². The summed E-state index contributed by atoms with van der Waals surface area (Å²) >= 11 is 0. The van der Waals surface area contributed by atoms with E-state index in [1.807, 2.05) is 0 Å². The first-order chi connectivity index (χ1) is 10.6. The van der Waals surface area contributed by atoms with Gasteiger partial charge in [0.1, 0.15) is 0 Å². The van der Waals surface area contributed by atoms with E-state index in [0.717, 1.165) is 22.9 Å². The summed E-state index contributed by atoms with van der Waals surface area (Å²) in [6.45, 7) is 0. The zero-order valence-corrected chi connectivity index (χ0v) is 11.0. The van der Waals surface area contributed by atoms with Gasteiger partial charge in [0.2, 0.25) is 5.75 Å². The normalized spacial score (nSPS) is 15.1. The van der Waals surface area contributed by atoms with Crippen molar-refractivity contribution in [3.63, 3.8) is 0 Å². The van der Waals surface area contributed by atoms with Gasteiger partial charge in [0.25, 0.3) is 0 Å². The second-order valence-electron chi connectivity index (χ2n) is 4.25. The number of ether oxygens (including phenoxy) is 1. The van der Waals surface area contributed by atoms with Crippen LogP contribution < -0.4 is 20.8 Å². The Hall–Kier alpha value is -3.42. The Morgan fingerprint density at radius 3 is 2.27 bits per heavy atom. The SMILES string of the molecule is O=C1/C=C/C(=O)On2c(=O)c(cn(-c3ccccc3)c2=O)O1. The number of rotatable bonds is 1. The van der Waals surface area contributed by atoms with Gasteiger partial charge in [-0.25, -0.2) is 14.4 Å². The third-order valence-corrected chi connectivity index (χ3v) is 2.80. The maximum absolute atomic E-state index is 12.3. The molecule has 0 fully saturated rings. The van der Waals surface area contributed by atoms with E-state index in [1.165, 1.54) is 0 Å². The Kier molecular flexibility index (Phi) is 3.18. The third-order valence-electron chi connectivity index (χ3n) is 2.80. The van der Waals surface area contributed by atoms with E-state index < -0.39 is 28.9 Å². The molecule has 0 atom stereocenters. The predicted octanol–water partition coefficient (Wildman–Crippen LogP) is -0.570. The number of carbonyl (C=O) groups excluding carboxylic acids is 2. The highest BCUT2D eigenvalue weighted by Crippen LogP contribution is 2.08. The molecule has 0 saturated carbocycles. The first kappa shape index (κ1) is 13.6. The molecule has 22 heavy (non-hydrogen) atoms. The van der Waals surface area contributed by atoms with Crippen molar-refractivity contribution in [1.82, 2.24) is 9.30 Å². The van der Waals surface area contributed by atoms with E-state index in [2.05, 4.69) is 4.84 Å². The predicted molar refractivity (Wildman–Crippen MR) is 72.7 cm³/mol. The molecule has 8 nitrogen and oxygen atoms in total. The van der Waals surface area contributed by atoms with Crippen molar-refractivity contribution in [3.05, 3.63) is 69.5 Å². The molecular formula is C14H8N2O6. The first-order valence-corrected chi connectivity index (χ1v) is 6.12. The van der Waals surface area contributed by atoms with Gasteiger partial charge in [0.05, 0.1) is 11.9 Å². The number of fused-ring (bicyclic) bond motifs is 2. The topological polar surface area (TPSA) is 96.6 Å². The molecule has 0 aliphatic carbocycles. The summed E-state index contributed by atoms with van der Waals surface area (Å²) in [5.41, 5.74) is -1.54. The second kappa shape index (κ2) is 5.17. The van der Waals surface area contributed by atoms with Crippen LogP contribution in [-0.2, 0) is 9.59 Å². The summed E-state index contributed by atoms with van der Waals surface area (Å²) < 4.78 is 6.09. The summed E-state index contributed by atoms with van der Waals surface area (Å²) in [4.78, 5) is 51.9. The quantitative estimate of drug-likeness (QED) is 0.654. The van der Waals surface area contributed by atoms with Crippen LogP contribution in [0.4, 0.5) is 0 Å². The Morgan fingerprint density at radius 2 is 1.55 bits per heavy atom. The Morgan fingerprint density at radius 1 is 0.864 bits per heavy atom. The van der Waals surface area contributed by atoms with Gasteiger partial charge in [-0.1, -0.05) is 22.9 Å². The average molecular weight is 300 g/mol. The number of hydrogen-bond acceptors (Lipinski definition) is 6. The van der Waals surface area contributed by atoms with Gasteiger partial charge in [-0.3, -0.25) is 9.36 Å². The minimum atomic E-state index is -1.05. The molecule has 0 N–H and O–H groups in total. The minimum Gasteiger partial charge on any atom is -0.416 e. The summed E-state index contributed by atoms with van der Waals surface area (Å²) in [5.74, 6) is -2.41. The second-order valence-corrected chi connectivity index (χ2v) is 4.25. The van der Waals surface area contributed by atoms with Gasteiger partial charge in [0.15, 0.2) is 0 Å². The molecule has 110 valence electrons. The van der Waals surface area contributed by atoms with Crippen molar-refractivity contribution in [1.29, 1.82) is 0 Å². The summed E-state index contributed by atoms with van der Waals surface area (Å²) in [6.07, 6.45) is 2.63. The zero-order chi connectivity index (χ0) is 15.7. The van der Waals surface area contributed by atoms with Crippen LogP contribution in [0.3, 0.4) is 0 Å². The van der Waals surface area contributed by atoms with Crippen LogP contribution in [0.15, 0.2) is 58.3 Å². The highest BCUT2D eigenvalue weighted by atomic mass is 16.7. The molecule has 0 amide bonds. The molecule has 0 radical (unpaired) electrons. The van der Waals surface area contributed by atoms with Crippen molar-refractivity contribution in [2.24, 2.45) is 0 Å². The molecule has 0 saturated heterocycles. The lowest BCUT2D eigenvalue weighted by Gasteiger charge is -2.10. The molecule has 1 aromatic heterocycles.